The van der Waals surface area contributed by atoms with Crippen molar-refractivity contribution < 1.29 is 9.18 Å². The summed E-state index contributed by atoms with van der Waals surface area (Å²) < 4.78 is 13.5. The van der Waals surface area contributed by atoms with Gasteiger partial charge in [-0.3, -0.25) is 4.79 Å². The third kappa shape index (κ3) is 3.53. The van der Waals surface area contributed by atoms with Crippen molar-refractivity contribution in [3.63, 3.8) is 0 Å². The topological polar surface area (TPSA) is 55.1 Å². The van der Waals surface area contributed by atoms with Crippen LogP contribution in [0.15, 0.2) is 18.2 Å². The average Bonchev–Trinajstić information content (AvgIpc) is 2.30. The maximum absolute atomic E-state index is 13.5. The number of carbonyl (C=O) groups is 1. The van der Waals surface area contributed by atoms with Gasteiger partial charge in [0.1, 0.15) is 5.82 Å². The number of nitrogens with one attached hydrogen (secondary N) is 1. The Morgan fingerprint density at radius 2 is 2.18 bits per heavy atom. The van der Waals surface area contributed by atoms with Crippen LogP contribution in [0, 0.1) is 18.7 Å². The number of anilines is 1. The molecular formula is C13H19FN2O. The molecule has 0 aromatic heterocycles. The van der Waals surface area contributed by atoms with Crippen LogP contribution in [0.5, 0.6) is 0 Å². The second-order valence-corrected chi connectivity index (χ2v) is 4.38. The van der Waals surface area contributed by atoms with E-state index in [9.17, 15) is 9.18 Å². The van der Waals surface area contributed by atoms with E-state index >= 15 is 0 Å². The molecule has 0 fully saturated rings. The summed E-state index contributed by atoms with van der Waals surface area (Å²) in [4.78, 5) is 11.7. The predicted molar refractivity (Wildman–Crippen MR) is 67.2 cm³/mol. The van der Waals surface area contributed by atoms with E-state index in [4.69, 9.17) is 5.73 Å². The lowest BCUT2D eigenvalue weighted by molar-refractivity contribution is -0.118. The number of hydrogen-bond acceptors (Lipinski definition) is 2. The summed E-state index contributed by atoms with van der Waals surface area (Å²) in [6.45, 7) is 5.65. The first-order chi connectivity index (χ1) is 7.95. The van der Waals surface area contributed by atoms with Gasteiger partial charge in [-0.25, -0.2) is 4.39 Å². The number of benzene rings is 1. The lowest BCUT2D eigenvalue weighted by Gasteiger charge is -2.18. The molecule has 1 aromatic rings. The Hall–Kier alpha value is -1.42. The molecule has 1 aromatic carbocycles. The fourth-order valence-corrected chi connectivity index (χ4v) is 1.45. The first-order valence-corrected chi connectivity index (χ1v) is 5.78. The van der Waals surface area contributed by atoms with Crippen LogP contribution in [0.25, 0.3) is 0 Å². The quantitative estimate of drug-likeness (QED) is 0.846. The number of hydrogen-bond donors (Lipinski definition) is 2. The molecule has 0 saturated heterocycles. The zero-order chi connectivity index (χ0) is 13.0. The van der Waals surface area contributed by atoms with Crippen LogP contribution in [0.1, 0.15) is 25.8 Å². The van der Waals surface area contributed by atoms with Crippen molar-refractivity contribution in [3.8, 4) is 0 Å². The van der Waals surface area contributed by atoms with Crippen LogP contribution in [-0.4, -0.2) is 11.9 Å². The van der Waals surface area contributed by atoms with Crippen molar-refractivity contribution in [2.45, 2.75) is 33.2 Å². The molecule has 1 rings (SSSR count). The Morgan fingerprint density at radius 1 is 1.53 bits per heavy atom. The highest BCUT2D eigenvalue weighted by atomic mass is 19.1. The van der Waals surface area contributed by atoms with E-state index in [0.29, 0.717) is 0 Å². The summed E-state index contributed by atoms with van der Waals surface area (Å²) >= 11 is 0. The maximum atomic E-state index is 13.5. The van der Waals surface area contributed by atoms with Gasteiger partial charge < -0.3 is 11.1 Å². The van der Waals surface area contributed by atoms with Crippen molar-refractivity contribution in [1.29, 1.82) is 0 Å². The molecule has 2 atom stereocenters. The molecule has 0 bridgehead atoms. The van der Waals surface area contributed by atoms with Crippen molar-refractivity contribution in [2.24, 2.45) is 11.7 Å². The number of aryl methyl sites for hydroxylation is 1. The third-order valence-corrected chi connectivity index (χ3v) is 2.94. The van der Waals surface area contributed by atoms with Crippen molar-refractivity contribution in [2.75, 3.05) is 5.32 Å². The van der Waals surface area contributed by atoms with E-state index in [1.165, 1.54) is 6.07 Å². The molecule has 0 aliphatic heterocycles. The molecule has 1 amide bonds. The van der Waals surface area contributed by atoms with E-state index in [1.54, 1.807) is 19.1 Å². The van der Waals surface area contributed by atoms with Gasteiger partial charge in [-0.05, 0) is 30.5 Å². The first-order valence-electron chi connectivity index (χ1n) is 5.78. The highest BCUT2D eigenvalue weighted by molar-refractivity contribution is 5.94. The summed E-state index contributed by atoms with van der Waals surface area (Å²) in [7, 11) is 0. The number of halogens is 1. The van der Waals surface area contributed by atoms with Gasteiger partial charge in [-0.1, -0.05) is 26.3 Å². The van der Waals surface area contributed by atoms with E-state index in [1.807, 2.05) is 13.8 Å². The molecule has 94 valence electrons. The van der Waals surface area contributed by atoms with E-state index in [2.05, 4.69) is 5.32 Å². The second-order valence-electron chi connectivity index (χ2n) is 4.38. The zero-order valence-corrected chi connectivity index (χ0v) is 10.5. The Labute approximate surface area is 101 Å². The predicted octanol–water partition coefficient (Wildman–Crippen LogP) is 2.45. The Balaban J connectivity index is 2.74. The van der Waals surface area contributed by atoms with Gasteiger partial charge in [0.2, 0.25) is 5.91 Å². The van der Waals surface area contributed by atoms with Gasteiger partial charge in [-0.15, -0.1) is 0 Å². The van der Waals surface area contributed by atoms with Gasteiger partial charge >= 0.3 is 0 Å². The van der Waals surface area contributed by atoms with Gasteiger partial charge in [-0.2, -0.15) is 0 Å². The van der Waals surface area contributed by atoms with Crippen LogP contribution in [0.3, 0.4) is 0 Å². The smallest absolute Gasteiger partial charge is 0.241 e. The first kappa shape index (κ1) is 13.6. The van der Waals surface area contributed by atoms with Gasteiger partial charge in [0, 0.05) is 0 Å². The largest absolute Gasteiger partial charge is 0.322 e. The molecule has 0 aliphatic rings. The van der Waals surface area contributed by atoms with Crippen LogP contribution in [-0.2, 0) is 4.79 Å². The lowest BCUT2D eigenvalue weighted by atomic mass is 9.99. The van der Waals surface area contributed by atoms with E-state index < -0.39 is 11.9 Å². The van der Waals surface area contributed by atoms with Gasteiger partial charge in [0.15, 0.2) is 0 Å². The number of amides is 1. The standard InChI is InChI=1S/C13H19FN2O/c1-4-9(3)12(15)13(17)16-11-6-5-8(2)7-10(11)14/h5-7,9,12H,4,15H2,1-3H3,(H,16,17)/t9?,12-/m0/s1. The molecule has 0 heterocycles. The minimum atomic E-state index is -0.610. The molecule has 17 heavy (non-hydrogen) atoms. The second kappa shape index (κ2) is 5.77. The SMILES string of the molecule is CCC(C)[C@H](N)C(=O)Nc1ccc(C)cc1F. The molecule has 0 spiro atoms. The summed E-state index contributed by atoms with van der Waals surface area (Å²) in [6.07, 6.45) is 0.810. The molecule has 1 unspecified atom stereocenters. The minimum absolute atomic E-state index is 0.0727. The van der Waals surface area contributed by atoms with Crippen molar-refractivity contribution in [3.05, 3.63) is 29.6 Å². The molecular weight excluding hydrogens is 219 g/mol. The minimum Gasteiger partial charge on any atom is -0.322 e. The number of rotatable bonds is 4. The third-order valence-electron chi connectivity index (χ3n) is 2.94. The maximum Gasteiger partial charge on any atom is 0.241 e. The molecule has 0 saturated carbocycles. The van der Waals surface area contributed by atoms with Crippen LogP contribution >= 0.6 is 0 Å². The summed E-state index contributed by atoms with van der Waals surface area (Å²) in [5.41, 5.74) is 6.76. The number of carbonyl (C=O) groups excluding carboxylic acids is 1. The van der Waals surface area contributed by atoms with Crippen molar-refractivity contribution in [1.82, 2.24) is 0 Å². The van der Waals surface area contributed by atoms with Gasteiger partial charge in [0.25, 0.3) is 0 Å². The molecule has 3 N–H and O–H groups in total. The summed E-state index contributed by atoms with van der Waals surface area (Å²) in [5, 5.41) is 2.51. The highest BCUT2D eigenvalue weighted by Gasteiger charge is 2.20. The van der Waals surface area contributed by atoms with E-state index in [0.717, 1.165) is 12.0 Å². The van der Waals surface area contributed by atoms with Crippen molar-refractivity contribution >= 4 is 11.6 Å². The average molecular weight is 238 g/mol. The normalized spacial score (nSPS) is 14.2. The molecule has 4 heteroatoms. The lowest BCUT2D eigenvalue weighted by Crippen LogP contribution is -2.40. The van der Waals surface area contributed by atoms with Crippen LogP contribution < -0.4 is 11.1 Å². The number of nitrogens with two attached hydrogens (primary N) is 1. The Morgan fingerprint density at radius 3 is 2.71 bits per heavy atom. The highest BCUT2D eigenvalue weighted by Crippen LogP contribution is 2.16. The molecule has 0 radical (unpaired) electrons. The van der Waals surface area contributed by atoms with Gasteiger partial charge in [0.05, 0.1) is 11.7 Å². The van der Waals surface area contributed by atoms with Crippen LogP contribution in [0.4, 0.5) is 10.1 Å². The fourth-order valence-electron chi connectivity index (χ4n) is 1.45. The molecule has 0 aliphatic carbocycles. The van der Waals surface area contributed by atoms with Crippen LogP contribution in [0.2, 0.25) is 0 Å². The zero-order valence-electron chi connectivity index (χ0n) is 10.5. The molecule has 3 nitrogen and oxygen atoms in total. The summed E-state index contributed by atoms with van der Waals surface area (Å²) in [6, 6.07) is 4.06. The fraction of sp³-hybridized carbons (Fsp3) is 0.462. The monoisotopic (exact) mass is 238 g/mol. The Bertz CT molecular complexity index is 406. The Kier molecular flexibility index (Phi) is 4.63. The summed E-state index contributed by atoms with van der Waals surface area (Å²) in [5.74, 6) is -0.708. The van der Waals surface area contributed by atoms with E-state index in [-0.39, 0.29) is 17.5 Å².